The van der Waals surface area contributed by atoms with Crippen molar-refractivity contribution < 1.29 is 23.1 Å². The van der Waals surface area contributed by atoms with Crippen LogP contribution in [0.1, 0.15) is 39.2 Å². The summed E-state index contributed by atoms with van der Waals surface area (Å²) in [4.78, 5) is 24.2. The standard InChI is InChI=1S/C19H20BrNO5S/c1-2-27(25,26)16-9-7-13(8-10-16)17(12-22)21-19(24)15-5-3-14(4-6-15)18(23)11-20/h3-10,17,22H,2,11-12H2,1H3,(H,21,24). The number of alkyl halides is 1. The van der Waals surface area contributed by atoms with Gasteiger partial charge in [-0.1, -0.05) is 47.1 Å². The third-order valence-corrected chi connectivity index (χ3v) is 6.36. The van der Waals surface area contributed by atoms with Crippen molar-refractivity contribution in [1.82, 2.24) is 5.32 Å². The summed E-state index contributed by atoms with van der Waals surface area (Å²) >= 11 is 3.09. The second-order valence-electron chi connectivity index (χ2n) is 5.82. The molecule has 0 aliphatic heterocycles. The number of aliphatic hydroxyl groups excluding tert-OH is 1. The number of Topliss-reactive ketones (excluding diaryl/α,β-unsaturated/α-hetero) is 1. The molecule has 2 aromatic rings. The third-order valence-electron chi connectivity index (χ3n) is 4.10. The van der Waals surface area contributed by atoms with Crippen LogP contribution in [0.15, 0.2) is 53.4 Å². The molecule has 0 spiro atoms. The number of ketones is 1. The topological polar surface area (TPSA) is 101 Å². The molecule has 2 aromatic carbocycles. The van der Waals surface area contributed by atoms with Crippen LogP contribution in [0.2, 0.25) is 0 Å². The molecule has 0 aromatic heterocycles. The number of hydrogen-bond donors (Lipinski definition) is 2. The van der Waals surface area contributed by atoms with Gasteiger partial charge in [-0.15, -0.1) is 0 Å². The van der Waals surface area contributed by atoms with Crippen molar-refractivity contribution in [3.05, 3.63) is 65.2 Å². The van der Waals surface area contributed by atoms with Crippen LogP contribution >= 0.6 is 15.9 Å². The summed E-state index contributed by atoms with van der Waals surface area (Å²) in [6.07, 6.45) is 0. The van der Waals surface area contributed by atoms with Crippen molar-refractivity contribution in [1.29, 1.82) is 0 Å². The molecule has 2 rings (SSSR count). The molecule has 0 heterocycles. The van der Waals surface area contributed by atoms with Gasteiger partial charge in [0.2, 0.25) is 0 Å². The highest BCUT2D eigenvalue weighted by atomic mass is 79.9. The number of amides is 1. The van der Waals surface area contributed by atoms with Gasteiger partial charge in [-0.05, 0) is 29.8 Å². The lowest BCUT2D eigenvalue weighted by molar-refractivity contribution is 0.0915. The minimum Gasteiger partial charge on any atom is -0.394 e. The van der Waals surface area contributed by atoms with Gasteiger partial charge in [0.1, 0.15) is 0 Å². The van der Waals surface area contributed by atoms with Gasteiger partial charge in [0.15, 0.2) is 15.6 Å². The average Bonchev–Trinajstić information content (AvgIpc) is 2.71. The molecule has 0 fully saturated rings. The van der Waals surface area contributed by atoms with E-state index in [1.165, 1.54) is 24.3 Å². The summed E-state index contributed by atoms with van der Waals surface area (Å²) in [5, 5.41) is 12.5. The van der Waals surface area contributed by atoms with Crippen LogP contribution in [-0.2, 0) is 9.84 Å². The van der Waals surface area contributed by atoms with Crippen molar-refractivity contribution in [2.75, 3.05) is 17.7 Å². The smallest absolute Gasteiger partial charge is 0.251 e. The highest BCUT2D eigenvalue weighted by Gasteiger charge is 2.17. The summed E-state index contributed by atoms with van der Waals surface area (Å²) in [5.74, 6) is -0.491. The lowest BCUT2D eigenvalue weighted by Gasteiger charge is -2.17. The maximum Gasteiger partial charge on any atom is 0.251 e. The Morgan fingerprint density at radius 1 is 1.04 bits per heavy atom. The number of carbonyl (C=O) groups is 2. The van der Waals surface area contributed by atoms with E-state index in [0.29, 0.717) is 16.7 Å². The van der Waals surface area contributed by atoms with Crippen LogP contribution in [-0.4, -0.2) is 42.9 Å². The molecule has 6 nitrogen and oxygen atoms in total. The van der Waals surface area contributed by atoms with E-state index in [1.54, 1.807) is 31.2 Å². The Balaban J connectivity index is 2.14. The van der Waals surface area contributed by atoms with Crippen LogP contribution in [0.25, 0.3) is 0 Å². The Morgan fingerprint density at radius 2 is 1.59 bits per heavy atom. The summed E-state index contributed by atoms with van der Waals surface area (Å²) in [5.41, 5.74) is 1.44. The van der Waals surface area contributed by atoms with Crippen molar-refractivity contribution in [3.8, 4) is 0 Å². The fraction of sp³-hybridized carbons (Fsp3) is 0.263. The first-order valence-electron chi connectivity index (χ1n) is 8.26. The molecule has 0 radical (unpaired) electrons. The molecule has 1 amide bonds. The zero-order chi connectivity index (χ0) is 20.0. The van der Waals surface area contributed by atoms with Gasteiger partial charge in [0.05, 0.1) is 28.6 Å². The van der Waals surface area contributed by atoms with Gasteiger partial charge < -0.3 is 10.4 Å². The first kappa shape index (κ1) is 21.3. The number of nitrogens with one attached hydrogen (secondary N) is 1. The molecule has 1 unspecified atom stereocenters. The molecular weight excluding hydrogens is 434 g/mol. The Kier molecular flexibility index (Phi) is 7.29. The minimum atomic E-state index is -3.31. The Labute approximate surface area is 166 Å². The van der Waals surface area contributed by atoms with Crippen molar-refractivity contribution >= 4 is 37.5 Å². The fourth-order valence-electron chi connectivity index (χ4n) is 2.43. The lowest BCUT2D eigenvalue weighted by atomic mass is 10.1. The molecule has 144 valence electrons. The van der Waals surface area contributed by atoms with Gasteiger partial charge in [-0.2, -0.15) is 0 Å². The molecule has 0 aliphatic rings. The van der Waals surface area contributed by atoms with Gasteiger partial charge in [0, 0.05) is 11.1 Å². The largest absolute Gasteiger partial charge is 0.394 e. The number of aliphatic hydroxyl groups is 1. The number of benzene rings is 2. The Hall–Kier alpha value is -2.03. The predicted molar refractivity (Wildman–Crippen MR) is 106 cm³/mol. The van der Waals surface area contributed by atoms with Crippen molar-refractivity contribution in [2.24, 2.45) is 0 Å². The lowest BCUT2D eigenvalue weighted by Crippen LogP contribution is -2.30. The van der Waals surface area contributed by atoms with Crippen molar-refractivity contribution in [3.63, 3.8) is 0 Å². The molecule has 27 heavy (non-hydrogen) atoms. The molecule has 2 N–H and O–H groups in total. The van der Waals surface area contributed by atoms with E-state index < -0.39 is 21.8 Å². The van der Waals surface area contributed by atoms with E-state index in [4.69, 9.17) is 0 Å². The highest BCUT2D eigenvalue weighted by Crippen LogP contribution is 2.18. The number of sulfone groups is 1. The molecule has 0 bridgehead atoms. The molecule has 0 aliphatic carbocycles. The van der Waals surface area contributed by atoms with E-state index in [2.05, 4.69) is 21.2 Å². The summed E-state index contributed by atoms with van der Waals surface area (Å²) in [7, 11) is -3.31. The number of halogens is 1. The Bertz CT molecular complexity index is 908. The number of carbonyl (C=O) groups excluding carboxylic acids is 2. The quantitative estimate of drug-likeness (QED) is 0.472. The van der Waals surface area contributed by atoms with E-state index in [0.717, 1.165) is 0 Å². The predicted octanol–water partition coefficient (Wildman–Crippen LogP) is 2.52. The van der Waals surface area contributed by atoms with Crippen molar-refractivity contribution in [2.45, 2.75) is 17.9 Å². The second-order valence-corrected chi connectivity index (χ2v) is 8.65. The van der Waals surface area contributed by atoms with Crippen LogP contribution < -0.4 is 5.32 Å². The fourth-order valence-corrected chi connectivity index (χ4v) is 3.64. The zero-order valence-corrected chi connectivity index (χ0v) is 17.1. The zero-order valence-electron chi connectivity index (χ0n) is 14.7. The SMILES string of the molecule is CCS(=O)(=O)c1ccc(C(CO)NC(=O)c2ccc(C(=O)CBr)cc2)cc1. The third kappa shape index (κ3) is 5.24. The van der Waals surface area contributed by atoms with Gasteiger partial charge in [0.25, 0.3) is 5.91 Å². The normalized spacial score (nSPS) is 12.4. The second kappa shape index (κ2) is 9.25. The molecule has 0 saturated heterocycles. The maximum absolute atomic E-state index is 12.4. The summed E-state index contributed by atoms with van der Waals surface area (Å²) in [6.45, 7) is 1.22. The van der Waals surface area contributed by atoms with Crippen LogP contribution in [0.5, 0.6) is 0 Å². The molecule has 0 saturated carbocycles. The van der Waals surface area contributed by atoms with Gasteiger partial charge in [-0.3, -0.25) is 9.59 Å². The van der Waals surface area contributed by atoms with E-state index in [9.17, 15) is 23.1 Å². The number of rotatable bonds is 8. The average molecular weight is 454 g/mol. The van der Waals surface area contributed by atoms with E-state index >= 15 is 0 Å². The van der Waals surface area contributed by atoms with Gasteiger partial charge in [-0.25, -0.2) is 8.42 Å². The first-order chi connectivity index (χ1) is 12.8. The highest BCUT2D eigenvalue weighted by molar-refractivity contribution is 9.09. The van der Waals surface area contributed by atoms with Crippen LogP contribution in [0.4, 0.5) is 0 Å². The summed E-state index contributed by atoms with van der Waals surface area (Å²) in [6, 6.07) is 11.6. The first-order valence-corrected chi connectivity index (χ1v) is 11.0. The molecule has 1 atom stereocenters. The van der Waals surface area contributed by atoms with Gasteiger partial charge >= 0.3 is 0 Å². The molecular formula is C19H20BrNO5S. The van der Waals surface area contributed by atoms with E-state index in [-0.39, 0.29) is 28.4 Å². The monoisotopic (exact) mass is 453 g/mol. The minimum absolute atomic E-state index is 0.0000868. The Morgan fingerprint density at radius 3 is 2.07 bits per heavy atom. The van der Waals surface area contributed by atoms with Crippen LogP contribution in [0, 0.1) is 0 Å². The number of hydrogen-bond acceptors (Lipinski definition) is 5. The van der Waals surface area contributed by atoms with Crippen LogP contribution in [0.3, 0.4) is 0 Å². The maximum atomic E-state index is 12.4. The summed E-state index contributed by atoms with van der Waals surface area (Å²) < 4.78 is 23.7. The molecule has 8 heteroatoms. The van der Waals surface area contributed by atoms with E-state index in [1.807, 2.05) is 0 Å².